The molecule has 2 N–H and O–H groups in total. The van der Waals surface area contributed by atoms with Crippen molar-refractivity contribution in [2.75, 3.05) is 18.0 Å². The third kappa shape index (κ3) is 4.71. The minimum absolute atomic E-state index is 0.0189. The second kappa shape index (κ2) is 9.42. The Hall–Kier alpha value is -2.71. The Morgan fingerprint density at radius 3 is 2.72 bits per heavy atom. The minimum atomic E-state index is -3.74. The van der Waals surface area contributed by atoms with Crippen LogP contribution in [0.25, 0.3) is 0 Å². The lowest BCUT2D eigenvalue weighted by molar-refractivity contribution is -0.122. The molecule has 2 aliphatic rings. The topological polar surface area (TPSA) is 95.6 Å². The SMILES string of the molecule is CCC(=O)N1CCc2cc(S(=O)(=O)NCCC(=O)N[C@H]3CCCc4ccccc43)ccc21. The maximum Gasteiger partial charge on any atom is 0.240 e. The van der Waals surface area contributed by atoms with Crippen molar-refractivity contribution in [2.24, 2.45) is 0 Å². The predicted molar refractivity (Wildman–Crippen MR) is 123 cm³/mol. The maximum absolute atomic E-state index is 12.7. The molecule has 32 heavy (non-hydrogen) atoms. The number of sulfonamides is 1. The molecule has 1 heterocycles. The number of nitrogens with one attached hydrogen (secondary N) is 2. The molecule has 1 aliphatic carbocycles. The van der Waals surface area contributed by atoms with Crippen molar-refractivity contribution < 1.29 is 18.0 Å². The van der Waals surface area contributed by atoms with Crippen LogP contribution in [-0.4, -0.2) is 33.3 Å². The van der Waals surface area contributed by atoms with Crippen LogP contribution in [-0.2, 0) is 32.5 Å². The molecule has 0 aromatic heterocycles. The molecule has 0 unspecified atom stereocenters. The van der Waals surface area contributed by atoms with Gasteiger partial charge in [0, 0.05) is 31.6 Å². The van der Waals surface area contributed by atoms with Crippen LogP contribution in [0.5, 0.6) is 0 Å². The van der Waals surface area contributed by atoms with Crippen LogP contribution in [0.1, 0.15) is 55.3 Å². The van der Waals surface area contributed by atoms with Crippen molar-refractivity contribution in [1.82, 2.24) is 10.0 Å². The lowest BCUT2D eigenvalue weighted by Crippen LogP contribution is -2.34. The van der Waals surface area contributed by atoms with E-state index in [1.54, 1.807) is 17.0 Å². The van der Waals surface area contributed by atoms with Crippen LogP contribution in [0, 0.1) is 0 Å². The molecule has 0 saturated carbocycles. The van der Waals surface area contributed by atoms with Crippen molar-refractivity contribution >= 4 is 27.5 Å². The van der Waals surface area contributed by atoms with E-state index in [2.05, 4.69) is 16.1 Å². The van der Waals surface area contributed by atoms with Crippen molar-refractivity contribution in [1.29, 1.82) is 0 Å². The van der Waals surface area contributed by atoms with Gasteiger partial charge in [-0.3, -0.25) is 9.59 Å². The summed E-state index contributed by atoms with van der Waals surface area (Å²) >= 11 is 0. The van der Waals surface area contributed by atoms with E-state index < -0.39 is 10.0 Å². The number of benzene rings is 2. The standard InChI is InChI=1S/C24H29N3O4S/c1-2-24(29)27-15-13-18-16-19(10-11-22(18)27)32(30,31)25-14-12-23(28)26-21-9-5-7-17-6-3-4-8-20(17)21/h3-4,6,8,10-11,16,21,25H,2,5,7,9,12-15H2,1H3,(H,26,28)/t21-/m0/s1. The number of carbonyl (C=O) groups is 2. The van der Waals surface area contributed by atoms with Gasteiger partial charge in [-0.1, -0.05) is 31.2 Å². The Labute approximate surface area is 189 Å². The van der Waals surface area contributed by atoms with Gasteiger partial charge in [-0.05, 0) is 60.6 Å². The van der Waals surface area contributed by atoms with Gasteiger partial charge in [-0.25, -0.2) is 13.1 Å². The van der Waals surface area contributed by atoms with Gasteiger partial charge >= 0.3 is 0 Å². The summed E-state index contributed by atoms with van der Waals surface area (Å²) in [6, 6.07) is 12.9. The van der Waals surface area contributed by atoms with Crippen molar-refractivity contribution in [2.45, 2.75) is 56.4 Å². The minimum Gasteiger partial charge on any atom is -0.349 e. The largest absolute Gasteiger partial charge is 0.349 e. The average molecular weight is 456 g/mol. The molecular weight excluding hydrogens is 426 g/mol. The second-order valence-electron chi connectivity index (χ2n) is 8.30. The third-order valence-corrected chi connectivity index (χ3v) is 7.67. The second-order valence-corrected chi connectivity index (χ2v) is 10.1. The van der Waals surface area contributed by atoms with Gasteiger partial charge in [-0.15, -0.1) is 0 Å². The molecule has 0 fully saturated rings. The lowest BCUT2D eigenvalue weighted by Gasteiger charge is -2.26. The molecule has 0 bridgehead atoms. The quantitative estimate of drug-likeness (QED) is 0.671. The number of fused-ring (bicyclic) bond motifs is 2. The van der Waals surface area contributed by atoms with Gasteiger partial charge in [0.05, 0.1) is 10.9 Å². The summed E-state index contributed by atoms with van der Waals surface area (Å²) in [7, 11) is -3.74. The molecule has 2 aromatic rings. The first-order valence-electron chi connectivity index (χ1n) is 11.2. The fourth-order valence-corrected chi connectivity index (χ4v) is 5.63. The molecule has 0 spiro atoms. The van der Waals surface area contributed by atoms with Crippen LogP contribution in [0.3, 0.4) is 0 Å². The molecular formula is C24H29N3O4S. The number of rotatable bonds is 7. The first-order valence-corrected chi connectivity index (χ1v) is 12.7. The zero-order valence-electron chi connectivity index (χ0n) is 18.3. The normalized spacial score (nSPS) is 17.5. The summed E-state index contributed by atoms with van der Waals surface area (Å²) in [6.07, 6.45) is 4.05. The smallest absolute Gasteiger partial charge is 0.240 e. The molecule has 8 heteroatoms. The van der Waals surface area contributed by atoms with Crippen LogP contribution < -0.4 is 14.9 Å². The highest BCUT2D eigenvalue weighted by Gasteiger charge is 2.26. The molecule has 4 rings (SSSR count). The average Bonchev–Trinajstić information content (AvgIpc) is 3.22. The van der Waals surface area contributed by atoms with Crippen molar-refractivity contribution in [3.63, 3.8) is 0 Å². The Morgan fingerprint density at radius 2 is 1.91 bits per heavy atom. The fraction of sp³-hybridized carbons (Fsp3) is 0.417. The molecule has 2 aromatic carbocycles. The van der Waals surface area contributed by atoms with Gasteiger partial charge in [0.25, 0.3) is 0 Å². The molecule has 1 atom stereocenters. The highest BCUT2D eigenvalue weighted by atomic mass is 32.2. The number of carbonyl (C=O) groups excluding carboxylic acids is 2. The first-order chi connectivity index (χ1) is 15.4. The number of hydrogen-bond acceptors (Lipinski definition) is 4. The summed E-state index contributed by atoms with van der Waals surface area (Å²) in [4.78, 5) is 26.3. The van der Waals surface area contributed by atoms with Crippen LogP contribution >= 0.6 is 0 Å². The van der Waals surface area contributed by atoms with Crippen molar-refractivity contribution in [3.05, 3.63) is 59.2 Å². The van der Waals surface area contributed by atoms with Gasteiger partial charge in [0.2, 0.25) is 21.8 Å². The molecule has 0 saturated heterocycles. The fourth-order valence-electron chi connectivity index (χ4n) is 4.55. The summed E-state index contributed by atoms with van der Waals surface area (Å²) < 4.78 is 28.0. The summed E-state index contributed by atoms with van der Waals surface area (Å²) in [5.74, 6) is -0.138. The highest BCUT2D eigenvalue weighted by molar-refractivity contribution is 7.89. The zero-order chi connectivity index (χ0) is 22.7. The van der Waals surface area contributed by atoms with E-state index in [9.17, 15) is 18.0 Å². The van der Waals surface area contributed by atoms with E-state index in [1.165, 1.54) is 11.6 Å². The predicted octanol–water partition coefficient (Wildman–Crippen LogP) is 2.85. The maximum atomic E-state index is 12.7. The van der Waals surface area contributed by atoms with Gasteiger partial charge in [-0.2, -0.15) is 0 Å². The van der Waals surface area contributed by atoms with Gasteiger partial charge < -0.3 is 10.2 Å². The zero-order valence-corrected chi connectivity index (χ0v) is 19.1. The highest BCUT2D eigenvalue weighted by Crippen LogP contribution is 2.31. The summed E-state index contributed by atoms with van der Waals surface area (Å²) in [5.41, 5.74) is 4.05. The van der Waals surface area contributed by atoms with E-state index >= 15 is 0 Å². The third-order valence-electron chi connectivity index (χ3n) is 6.21. The first kappa shape index (κ1) is 22.5. The van der Waals surface area contributed by atoms with Gasteiger partial charge in [0.15, 0.2) is 0 Å². The molecule has 2 amide bonds. The lowest BCUT2D eigenvalue weighted by atomic mass is 9.88. The number of hydrogen-bond donors (Lipinski definition) is 2. The number of anilines is 1. The molecule has 170 valence electrons. The number of amides is 2. The monoisotopic (exact) mass is 455 g/mol. The van der Waals surface area contributed by atoms with Crippen molar-refractivity contribution in [3.8, 4) is 0 Å². The molecule has 7 nitrogen and oxygen atoms in total. The Balaban J connectivity index is 1.33. The number of nitrogens with zero attached hydrogens (tertiary/aromatic N) is 1. The van der Waals surface area contributed by atoms with Crippen LogP contribution in [0.2, 0.25) is 0 Å². The van der Waals surface area contributed by atoms with Crippen LogP contribution in [0.15, 0.2) is 47.4 Å². The van der Waals surface area contributed by atoms with E-state index in [4.69, 9.17) is 0 Å². The molecule has 0 radical (unpaired) electrons. The molecule has 1 aliphatic heterocycles. The van der Waals surface area contributed by atoms with E-state index in [0.29, 0.717) is 19.4 Å². The number of aryl methyl sites for hydroxylation is 1. The Bertz CT molecular complexity index is 1130. The summed E-state index contributed by atoms with van der Waals surface area (Å²) in [6.45, 7) is 2.41. The van der Waals surface area contributed by atoms with E-state index in [-0.39, 0.29) is 35.7 Å². The van der Waals surface area contributed by atoms with E-state index in [0.717, 1.165) is 36.1 Å². The van der Waals surface area contributed by atoms with Gasteiger partial charge in [0.1, 0.15) is 0 Å². The van der Waals surface area contributed by atoms with E-state index in [1.807, 2.05) is 25.1 Å². The summed E-state index contributed by atoms with van der Waals surface area (Å²) in [5, 5.41) is 3.04. The van der Waals surface area contributed by atoms with Crippen LogP contribution in [0.4, 0.5) is 5.69 Å². The Kier molecular flexibility index (Phi) is 6.62. The Morgan fingerprint density at radius 1 is 1.09 bits per heavy atom.